The SMILES string of the molecule is CCNC(=NCC1(CCOC)CCCC1)NCCc1nc(CC)c(C)s1. The zero-order valence-corrected chi connectivity index (χ0v) is 17.8. The number of methoxy groups -OCH3 is 1. The summed E-state index contributed by atoms with van der Waals surface area (Å²) in [6, 6.07) is 0. The van der Waals surface area contributed by atoms with Crippen LogP contribution < -0.4 is 10.6 Å². The molecule has 1 fully saturated rings. The first-order chi connectivity index (χ1) is 12.6. The summed E-state index contributed by atoms with van der Waals surface area (Å²) in [4.78, 5) is 11.0. The number of aryl methyl sites for hydroxylation is 2. The number of hydrogen-bond acceptors (Lipinski definition) is 4. The summed E-state index contributed by atoms with van der Waals surface area (Å²) in [5.41, 5.74) is 1.58. The number of aliphatic imine (C=N–C) groups is 1. The van der Waals surface area contributed by atoms with E-state index < -0.39 is 0 Å². The summed E-state index contributed by atoms with van der Waals surface area (Å²) in [7, 11) is 1.79. The van der Waals surface area contributed by atoms with E-state index in [9.17, 15) is 0 Å². The van der Waals surface area contributed by atoms with E-state index in [0.717, 1.165) is 51.5 Å². The molecule has 1 aliphatic carbocycles. The second kappa shape index (κ2) is 10.9. The molecule has 0 unspecified atom stereocenters. The van der Waals surface area contributed by atoms with E-state index in [1.807, 2.05) is 11.3 Å². The van der Waals surface area contributed by atoms with E-state index in [1.165, 1.54) is 41.3 Å². The second-order valence-corrected chi connectivity index (χ2v) is 8.57. The van der Waals surface area contributed by atoms with Gasteiger partial charge in [-0.3, -0.25) is 4.99 Å². The Kier molecular flexibility index (Phi) is 8.85. The molecule has 2 N–H and O–H groups in total. The third-order valence-electron chi connectivity index (χ3n) is 5.32. The molecule has 0 aliphatic heterocycles. The minimum absolute atomic E-state index is 0.334. The molecule has 1 heterocycles. The third-order valence-corrected chi connectivity index (χ3v) is 6.39. The number of aromatic nitrogens is 1. The fourth-order valence-corrected chi connectivity index (χ4v) is 4.75. The number of guanidine groups is 1. The summed E-state index contributed by atoms with van der Waals surface area (Å²) in [6.45, 7) is 9.93. The van der Waals surface area contributed by atoms with Crippen molar-refractivity contribution in [3.8, 4) is 0 Å². The maximum Gasteiger partial charge on any atom is 0.191 e. The Morgan fingerprint density at radius 2 is 2.04 bits per heavy atom. The molecule has 0 atom stereocenters. The van der Waals surface area contributed by atoms with Crippen LogP contribution in [0.1, 0.15) is 61.5 Å². The van der Waals surface area contributed by atoms with Crippen LogP contribution >= 0.6 is 11.3 Å². The van der Waals surface area contributed by atoms with Gasteiger partial charge in [0, 0.05) is 44.6 Å². The molecule has 26 heavy (non-hydrogen) atoms. The van der Waals surface area contributed by atoms with E-state index in [1.54, 1.807) is 7.11 Å². The second-order valence-electron chi connectivity index (χ2n) is 7.29. The zero-order valence-electron chi connectivity index (χ0n) is 17.0. The molecule has 1 aromatic heterocycles. The standard InChI is InChI=1S/C20H36N4OS/c1-5-17-16(3)26-18(24-17)9-13-22-19(21-6-2)23-15-20(12-14-25-4)10-7-8-11-20/h5-15H2,1-4H3,(H2,21,22,23). The molecule has 0 amide bonds. The van der Waals surface area contributed by atoms with Crippen molar-refractivity contribution in [2.24, 2.45) is 10.4 Å². The van der Waals surface area contributed by atoms with Gasteiger partial charge in [0.05, 0.1) is 10.7 Å². The first kappa shape index (κ1) is 21.2. The lowest BCUT2D eigenvalue weighted by molar-refractivity contribution is 0.141. The van der Waals surface area contributed by atoms with E-state index >= 15 is 0 Å². The summed E-state index contributed by atoms with van der Waals surface area (Å²) in [6.07, 6.45) is 8.28. The van der Waals surface area contributed by atoms with Crippen molar-refractivity contribution in [2.75, 3.05) is 33.4 Å². The van der Waals surface area contributed by atoms with Gasteiger partial charge < -0.3 is 15.4 Å². The van der Waals surface area contributed by atoms with Gasteiger partial charge in [0.2, 0.25) is 0 Å². The van der Waals surface area contributed by atoms with Crippen LogP contribution in [0.5, 0.6) is 0 Å². The Morgan fingerprint density at radius 1 is 1.27 bits per heavy atom. The van der Waals surface area contributed by atoms with E-state index in [-0.39, 0.29) is 0 Å². The zero-order chi connectivity index (χ0) is 18.8. The van der Waals surface area contributed by atoms with Gasteiger partial charge in [-0.2, -0.15) is 0 Å². The Balaban J connectivity index is 1.88. The number of thiazole rings is 1. The van der Waals surface area contributed by atoms with Gasteiger partial charge in [-0.05, 0) is 44.9 Å². The minimum atomic E-state index is 0.334. The van der Waals surface area contributed by atoms with Crippen molar-refractivity contribution < 1.29 is 4.74 Å². The monoisotopic (exact) mass is 380 g/mol. The third kappa shape index (κ3) is 6.23. The van der Waals surface area contributed by atoms with Crippen LogP contribution in [0.2, 0.25) is 0 Å². The number of ether oxygens (including phenoxy) is 1. The molecule has 1 aromatic rings. The first-order valence-electron chi connectivity index (χ1n) is 10.1. The molecular weight excluding hydrogens is 344 g/mol. The fourth-order valence-electron chi connectivity index (χ4n) is 3.73. The van der Waals surface area contributed by atoms with Gasteiger partial charge in [-0.1, -0.05) is 19.8 Å². The predicted molar refractivity (Wildman–Crippen MR) is 111 cm³/mol. The number of rotatable bonds is 10. The molecule has 1 saturated carbocycles. The Hall–Kier alpha value is -1.14. The lowest BCUT2D eigenvalue weighted by Crippen LogP contribution is -2.39. The van der Waals surface area contributed by atoms with Crippen LogP contribution in [-0.4, -0.2) is 44.3 Å². The van der Waals surface area contributed by atoms with Crippen molar-refractivity contribution >= 4 is 17.3 Å². The summed E-state index contributed by atoms with van der Waals surface area (Å²) in [5, 5.41) is 8.09. The predicted octanol–water partition coefficient (Wildman–Crippen LogP) is 3.71. The Morgan fingerprint density at radius 3 is 2.65 bits per heavy atom. The van der Waals surface area contributed by atoms with Crippen molar-refractivity contribution in [3.05, 3.63) is 15.6 Å². The van der Waals surface area contributed by atoms with Crippen LogP contribution in [-0.2, 0) is 17.6 Å². The van der Waals surface area contributed by atoms with E-state index in [0.29, 0.717) is 5.41 Å². The molecule has 148 valence electrons. The van der Waals surface area contributed by atoms with E-state index in [2.05, 4.69) is 31.4 Å². The quantitative estimate of drug-likeness (QED) is 0.480. The maximum atomic E-state index is 5.33. The highest BCUT2D eigenvalue weighted by atomic mass is 32.1. The van der Waals surface area contributed by atoms with Gasteiger partial charge in [-0.15, -0.1) is 11.3 Å². The largest absolute Gasteiger partial charge is 0.385 e. The van der Waals surface area contributed by atoms with Crippen molar-refractivity contribution in [3.63, 3.8) is 0 Å². The average Bonchev–Trinajstić information content (AvgIpc) is 3.25. The molecule has 0 saturated heterocycles. The van der Waals surface area contributed by atoms with Gasteiger partial charge >= 0.3 is 0 Å². The molecule has 0 aromatic carbocycles. The summed E-state index contributed by atoms with van der Waals surface area (Å²) >= 11 is 1.82. The van der Waals surface area contributed by atoms with Crippen molar-refractivity contribution in [1.29, 1.82) is 0 Å². The van der Waals surface area contributed by atoms with Crippen molar-refractivity contribution in [1.82, 2.24) is 15.6 Å². The average molecular weight is 381 g/mol. The van der Waals surface area contributed by atoms with Crippen LogP contribution in [0.4, 0.5) is 0 Å². The molecule has 1 aliphatic rings. The van der Waals surface area contributed by atoms with Gasteiger partial charge in [0.15, 0.2) is 5.96 Å². The molecule has 6 heteroatoms. The van der Waals surface area contributed by atoms with Gasteiger partial charge in [-0.25, -0.2) is 4.98 Å². The maximum absolute atomic E-state index is 5.33. The highest BCUT2D eigenvalue weighted by Gasteiger charge is 2.33. The first-order valence-corrected chi connectivity index (χ1v) is 10.9. The van der Waals surface area contributed by atoms with Crippen LogP contribution in [0, 0.1) is 12.3 Å². The number of nitrogens with zero attached hydrogens (tertiary/aromatic N) is 2. The van der Waals surface area contributed by atoms with Gasteiger partial charge in [0.1, 0.15) is 0 Å². The fraction of sp³-hybridized carbons (Fsp3) is 0.800. The van der Waals surface area contributed by atoms with Crippen molar-refractivity contribution in [2.45, 2.75) is 65.7 Å². The lowest BCUT2D eigenvalue weighted by Gasteiger charge is -2.27. The lowest BCUT2D eigenvalue weighted by atomic mass is 9.83. The Bertz CT molecular complexity index is 564. The number of hydrogen-bond donors (Lipinski definition) is 2. The smallest absolute Gasteiger partial charge is 0.191 e. The normalized spacial score (nSPS) is 16.8. The highest BCUT2D eigenvalue weighted by molar-refractivity contribution is 7.11. The number of nitrogens with one attached hydrogen (secondary N) is 2. The van der Waals surface area contributed by atoms with Gasteiger partial charge in [0.25, 0.3) is 0 Å². The molecule has 2 rings (SSSR count). The molecular formula is C20H36N4OS. The summed E-state index contributed by atoms with van der Waals surface area (Å²) < 4.78 is 5.33. The molecule has 0 radical (unpaired) electrons. The molecule has 5 nitrogen and oxygen atoms in total. The summed E-state index contributed by atoms with van der Waals surface area (Å²) in [5.74, 6) is 0.931. The van der Waals surface area contributed by atoms with Crippen LogP contribution in [0.3, 0.4) is 0 Å². The van der Waals surface area contributed by atoms with E-state index in [4.69, 9.17) is 14.7 Å². The molecule has 0 spiro atoms. The minimum Gasteiger partial charge on any atom is -0.385 e. The highest BCUT2D eigenvalue weighted by Crippen LogP contribution is 2.41. The van der Waals surface area contributed by atoms with Crippen LogP contribution in [0.25, 0.3) is 0 Å². The topological polar surface area (TPSA) is 58.5 Å². The molecule has 0 bridgehead atoms. The van der Waals surface area contributed by atoms with Crippen LogP contribution in [0.15, 0.2) is 4.99 Å². The Labute approximate surface area is 163 Å².